The van der Waals surface area contributed by atoms with Gasteiger partial charge < -0.3 is 19.7 Å². The molecule has 0 spiro atoms. The van der Waals surface area contributed by atoms with Crippen LogP contribution in [0.3, 0.4) is 0 Å². The molecule has 0 saturated carbocycles. The lowest BCUT2D eigenvalue weighted by atomic mass is 10.2. The van der Waals surface area contributed by atoms with Crippen LogP contribution in [0.2, 0.25) is 0 Å². The van der Waals surface area contributed by atoms with Gasteiger partial charge >= 0.3 is 0 Å². The summed E-state index contributed by atoms with van der Waals surface area (Å²) in [4.78, 5) is 13.3. The third-order valence-corrected chi connectivity index (χ3v) is 3.40. The largest absolute Gasteiger partial charge is 0.497 e. The highest BCUT2D eigenvalue weighted by atomic mass is 16.5. The van der Waals surface area contributed by atoms with Gasteiger partial charge in [0.1, 0.15) is 11.5 Å². The number of nitrogens with one attached hydrogen (secondary N) is 2. The van der Waals surface area contributed by atoms with Crippen LogP contribution in [0.15, 0.2) is 18.2 Å². The van der Waals surface area contributed by atoms with Gasteiger partial charge in [-0.25, -0.2) is 0 Å². The molecule has 5 heteroatoms. The second-order valence-electron chi connectivity index (χ2n) is 4.75. The van der Waals surface area contributed by atoms with E-state index in [9.17, 15) is 4.79 Å². The number of hydrogen-bond donors (Lipinski definition) is 2. The van der Waals surface area contributed by atoms with E-state index in [-0.39, 0.29) is 5.91 Å². The first-order chi connectivity index (χ1) is 9.22. The molecule has 0 aliphatic carbocycles. The van der Waals surface area contributed by atoms with E-state index in [1.807, 2.05) is 0 Å². The first-order valence-corrected chi connectivity index (χ1v) is 6.58. The van der Waals surface area contributed by atoms with Crippen LogP contribution in [0.25, 0.3) is 0 Å². The zero-order valence-corrected chi connectivity index (χ0v) is 11.5. The van der Waals surface area contributed by atoms with Gasteiger partial charge in [-0.15, -0.1) is 0 Å². The van der Waals surface area contributed by atoms with Crippen LogP contribution in [-0.4, -0.2) is 39.8 Å². The average Bonchev–Trinajstić information content (AvgIpc) is 2.91. The molecule has 1 aromatic rings. The highest BCUT2D eigenvalue weighted by Crippen LogP contribution is 2.28. The molecule has 0 radical (unpaired) electrons. The Kier molecular flexibility index (Phi) is 4.63. The van der Waals surface area contributed by atoms with Crippen LogP contribution in [-0.2, 0) is 4.79 Å². The number of ether oxygens (including phenoxy) is 2. The summed E-state index contributed by atoms with van der Waals surface area (Å²) in [7, 11) is 3.18. The summed E-state index contributed by atoms with van der Waals surface area (Å²) in [5, 5.41) is 2.90. The van der Waals surface area contributed by atoms with E-state index in [0.717, 1.165) is 13.1 Å². The first-order valence-electron chi connectivity index (χ1n) is 6.58. The van der Waals surface area contributed by atoms with Crippen molar-refractivity contribution >= 4 is 11.6 Å². The summed E-state index contributed by atoms with van der Waals surface area (Å²) in [6.07, 6.45) is 2.43. The zero-order valence-electron chi connectivity index (χ0n) is 11.5. The molecule has 0 unspecified atom stereocenters. The molecule has 0 aromatic heterocycles. The van der Waals surface area contributed by atoms with Gasteiger partial charge in [0.2, 0.25) is 0 Å². The summed E-state index contributed by atoms with van der Waals surface area (Å²) in [5.74, 6) is 1.35. The lowest BCUT2D eigenvalue weighted by Gasteiger charge is -2.14. The molecule has 1 aromatic carbocycles. The highest BCUT2D eigenvalue weighted by Gasteiger charge is 2.19. The minimum absolute atomic E-state index is 0.0281. The number of amides is 1. The summed E-state index contributed by atoms with van der Waals surface area (Å²) < 4.78 is 10.4. The van der Waals surface area contributed by atoms with E-state index in [0.29, 0.717) is 23.7 Å². The van der Waals surface area contributed by atoms with Gasteiger partial charge in [0.15, 0.2) is 6.54 Å². The molecule has 0 atom stereocenters. The van der Waals surface area contributed by atoms with Crippen molar-refractivity contribution in [2.75, 3.05) is 39.2 Å². The lowest BCUT2D eigenvalue weighted by Crippen LogP contribution is -3.11. The SMILES string of the molecule is COc1ccc(NC(=O)C[NH+]2CCCC2)c(OC)c1. The summed E-state index contributed by atoms with van der Waals surface area (Å²) >= 11 is 0. The predicted molar refractivity (Wildman–Crippen MR) is 73.0 cm³/mol. The molecule has 1 heterocycles. The van der Waals surface area contributed by atoms with E-state index in [2.05, 4.69) is 5.32 Å². The smallest absolute Gasteiger partial charge is 0.279 e. The second kappa shape index (κ2) is 6.43. The van der Waals surface area contributed by atoms with Gasteiger partial charge in [0, 0.05) is 18.9 Å². The Labute approximate surface area is 113 Å². The molecule has 104 valence electrons. The third-order valence-electron chi connectivity index (χ3n) is 3.40. The number of benzene rings is 1. The Morgan fingerprint density at radius 1 is 1.26 bits per heavy atom. The Balaban J connectivity index is 1.99. The van der Waals surface area contributed by atoms with Crippen molar-refractivity contribution in [1.29, 1.82) is 0 Å². The molecule has 1 amide bonds. The standard InChI is InChI=1S/C14H20N2O3/c1-18-11-5-6-12(13(9-11)19-2)15-14(17)10-16-7-3-4-8-16/h5-6,9H,3-4,7-8,10H2,1-2H3,(H,15,17)/p+1. The maximum Gasteiger partial charge on any atom is 0.279 e. The Hall–Kier alpha value is -1.75. The Bertz CT molecular complexity index is 442. The van der Waals surface area contributed by atoms with Gasteiger partial charge in [-0.1, -0.05) is 0 Å². The average molecular weight is 265 g/mol. The number of rotatable bonds is 5. The molecular weight excluding hydrogens is 244 g/mol. The fraction of sp³-hybridized carbons (Fsp3) is 0.500. The third kappa shape index (κ3) is 3.61. The zero-order chi connectivity index (χ0) is 13.7. The molecule has 19 heavy (non-hydrogen) atoms. The van der Waals surface area contributed by atoms with Gasteiger partial charge in [-0.05, 0) is 12.1 Å². The number of hydrogen-bond acceptors (Lipinski definition) is 3. The molecule has 1 aliphatic heterocycles. The van der Waals surface area contributed by atoms with Gasteiger partial charge in [-0.3, -0.25) is 4.79 Å². The normalized spacial score (nSPS) is 15.3. The monoisotopic (exact) mass is 265 g/mol. The van der Waals surface area contributed by atoms with Gasteiger partial charge in [0.25, 0.3) is 5.91 Å². The number of carbonyl (C=O) groups is 1. The number of methoxy groups -OCH3 is 2. The van der Waals surface area contributed by atoms with E-state index in [1.54, 1.807) is 32.4 Å². The van der Waals surface area contributed by atoms with Crippen molar-refractivity contribution in [1.82, 2.24) is 0 Å². The molecule has 0 bridgehead atoms. The molecule has 1 fully saturated rings. The van der Waals surface area contributed by atoms with E-state index < -0.39 is 0 Å². The number of likely N-dealkylation sites (tertiary alicyclic amines) is 1. The van der Waals surface area contributed by atoms with Crippen LogP contribution in [0.4, 0.5) is 5.69 Å². The lowest BCUT2D eigenvalue weighted by molar-refractivity contribution is -0.878. The predicted octanol–water partition coefficient (Wildman–Crippen LogP) is 0.321. The first kappa shape index (κ1) is 13.7. The maximum absolute atomic E-state index is 12.0. The quantitative estimate of drug-likeness (QED) is 0.806. The van der Waals surface area contributed by atoms with Crippen LogP contribution in [0.1, 0.15) is 12.8 Å². The minimum Gasteiger partial charge on any atom is -0.497 e. The molecule has 2 N–H and O–H groups in total. The van der Waals surface area contributed by atoms with Gasteiger partial charge in [-0.2, -0.15) is 0 Å². The minimum atomic E-state index is 0.0281. The number of quaternary nitrogens is 1. The number of anilines is 1. The second-order valence-corrected chi connectivity index (χ2v) is 4.75. The van der Waals surface area contributed by atoms with Crippen molar-refractivity contribution < 1.29 is 19.2 Å². The molecular formula is C14H21N2O3+. The van der Waals surface area contributed by atoms with E-state index in [1.165, 1.54) is 17.7 Å². The van der Waals surface area contributed by atoms with Crippen molar-refractivity contribution in [3.63, 3.8) is 0 Å². The van der Waals surface area contributed by atoms with Crippen LogP contribution >= 0.6 is 0 Å². The fourth-order valence-electron chi connectivity index (χ4n) is 2.38. The van der Waals surface area contributed by atoms with Crippen molar-refractivity contribution in [3.8, 4) is 11.5 Å². The Morgan fingerprint density at radius 3 is 2.63 bits per heavy atom. The highest BCUT2D eigenvalue weighted by molar-refractivity contribution is 5.93. The van der Waals surface area contributed by atoms with E-state index in [4.69, 9.17) is 9.47 Å². The number of carbonyl (C=O) groups excluding carboxylic acids is 1. The van der Waals surface area contributed by atoms with Crippen molar-refractivity contribution in [2.45, 2.75) is 12.8 Å². The van der Waals surface area contributed by atoms with Crippen molar-refractivity contribution in [2.24, 2.45) is 0 Å². The van der Waals surface area contributed by atoms with Crippen LogP contribution in [0, 0.1) is 0 Å². The van der Waals surface area contributed by atoms with Crippen LogP contribution in [0.5, 0.6) is 11.5 Å². The summed E-state index contributed by atoms with van der Waals surface area (Å²) in [5.41, 5.74) is 0.687. The topological polar surface area (TPSA) is 52.0 Å². The van der Waals surface area contributed by atoms with Crippen LogP contribution < -0.4 is 19.7 Å². The van der Waals surface area contributed by atoms with Gasteiger partial charge in [0.05, 0.1) is 33.0 Å². The molecule has 5 nitrogen and oxygen atoms in total. The van der Waals surface area contributed by atoms with E-state index >= 15 is 0 Å². The molecule has 1 aliphatic rings. The summed E-state index contributed by atoms with van der Waals surface area (Å²) in [6.45, 7) is 2.70. The maximum atomic E-state index is 12.0. The molecule has 2 rings (SSSR count). The summed E-state index contributed by atoms with van der Waals surface area (Å²) in [6, 6.07) is 5.37. The van der Waals surface area contributed by atoms with Crippen molar-refractivity contribution in [3.05, 3.63) is 18.2 Å². The molecule has 1 saturated heterocycles. The fourth-order valence-corrected chi connectivity index (χ4v) is 2.38. The Morgan fingerprint density at radius 2 is 2.00 bits per heavy atom.